The number of pyridine rings is 1. The predicted molar refractivity (Wildman–Crippen MR) is 84.0 cm³/mol. The number of nitrogens with zero attached hydrogens (tertiary/aromatic N) is 1. The molecular formula is C17H17N3O. The first-order valence-corrected chi connectivity index (χ1v) is 6.64. The summed E-state index contributed by atoms with van der Waals surface area (Å²) in [7, 11) is 0. The van der Waals surface area contributed by atoms with Gasteiger partial charge in [-0.05, 0) is 43.7 Å². The quantitative estimate of drug-likeness (QED) is 0.829. The van der Waals surface area contributed by atoms with Crippen LogP contribution < -0.4 is 11.1 Å². The van der Waals surface area contributed by atoms with E-state index in [-0.39, 0.29) is 5.91 Å². The zero-order valence-electron chi connectivity index (χ0n) is 12.1. The van der Waals surface area contributed by atoms with E-state index in [0.29, 0.717) is 17.8 Å². The molecule has 106 valence electrons. The third kappa shape index (κ3) is 3.68. The van der Waals surface area contributed by atoms with Gasteiger partial charge in [0.2, 0.25) is 0 Å². The summed E-state index contributed by atoms with van der Waals surface area (Å²) >= 11 is 0. The molecule has 0 fully saturated rings. The molecule has 0 aliphatic rings. The lowest BCUT2D eigenvalue weighted by Crippen LogP contribution is -2.14. The average molecular weight is 279 g/mol. The van der Waals surface area contributed by atoms with E-state index in [4.69, 9.17) is 5.73 Å². The second-order valence-electron chi connectivity index (χ2n) is 4.63. The number of aryl methyl sites for hydroxylation is 1. The molecule has 0 aliphatic heterocycles. The number of aromatic nitrogens is 1. The van der Waals surface area contributed by atoms with Gasteiger partial charge in [0.1, 0.15) is 0 Å². The fourth-order valence-electron chi connectivity index (χ4n) is 1.90. The zero-order chi connectivity index (χ0) is 15.2. The van der Waals surface area contributed by atoms with Crippen LogP contribution in [0.5, 0.6) is 0 Å². The molecule has 1 aromatic carbocycles. The number of nitrogens with two attached hydrogens (primary N) is 1. The van der Waals surface area contributed by atoms with Crippen LogP contribution in [0.25, 0.3) is 0 Å². The summed E-state index contributed by atoms with van der Waals surface area (Å²) in [5, 5.41) is 2.84. The Balaban J connectivity index is 2.25. The number of hydrogen-bond donors (Lipinski definition) is 2. The average Bonchev–Trinajstić information content (AvgIpc) is 2.48. The van der Waals surface area contributed by atoms with Gasteiger partial charge in [0.05, 0.1) is 18.4 Å². The second kappa shape index (κ2) is 6.69. The molecule has 0 saturated heterocycles. The zero-order valence-corrected chi connectivity index (χ0v) is 12.1. The van der Waals surface area contributed by atoms with E-state index >= 15 is 0 Å². The number of nitrogens with one attached hydrogen (secondary N) is 1. The molecule has 0 spiro atoms. The summed E-state index contributed by atoms with van der Waals surface area (Å²) in [5.74, 6) is 5.60. The molecule has 1 amide bonds. The summed E-state index contributed by atoms with van der Waals surface area (Å²) in [6.07, 6.45) is 1.64. The Morgan fingerprint density at radius 3 is 2.76 bits per heavy atom. The van der Waals surface area contributed by atoms with Crippen LogP contribution in [0.4, 0.5) is 5.69 Å². The predicted octanol–water partition coefficient (Wildman–Crippen LogP) is 2.26. The van der Waals surface area contributed by atoms with Crippen molar-refractivity contribution in [3.05, 3.63) is 58.9 Å². The van der Waals surface area contributed by atoms with Crippen molar-refractivity contribution in [3.8, 4) is 11.8 Å². The molecule has 1 heterocycles. The third-order valence-corrected chi connectivity index (χ3v) is 3.07. The van der Waals surface area contributed by atoms with E-state index in [1.165, 1.54) is 0 Å². The summed E-state index contributed by atoms with van der Waals surface area (Å²) in [6, 6.07) is 9.15. The molecule has 4 nitrogen and oxygen atoms in total. The Bertz CT molecular complexity index is 709. The standard InChI is InChI=1S/C17H17N3O/c1-12-8-9-15(11-19-12)20-17(21)16-7-3-5-14(13(16)2)6-4-10-18/h3,5,7-9,11H,10,18H2,1-2H3,(H,20,21). The highest BCUT2D eigenvalue weighted by atomic mass is 16.1. The summed E-state index contributed by atoms with van der Waals surface area (Å²) in [6.45, 7) is 4.07. The lowest BCUT2D eigenvalue weighted by Gasteiger charge is -2.09. The number of hydrogen-bond acceptors (Lipinski definition) is 3. The van der Waals surface area contributed by atoms with Gasteiger partial charge < -0.3 is 11.1 Å². The molecule has 2 rings (SSSR count). The first-order valence-electron chi connectivity index (χ1n) is 6.64. The Kier molecular flexibility index (Phi) is 4.70. The molecule has 21 heavy (non-hydrogen) atoms. The van der Waals surface area contributed by atoms with Gasteiger partial charge in [0, 0.05) is 16.8 Å². The van der Waals surface area contributed by atoms with Crippen molar-refractivity contribution in [3.63, 3.8) is 0 Å². The van der Waals surface area contributed by atoms with Crippen LogP contribution >= 0.6 is 0 Å². The van der Waals surface area contributed by atoms with Crippen molar-refractivity contribution in [1.82, 2.24) is 4.98 Å². The van der Waals surface area contributed by atoms with Crippen LogP contribution in [0.2, 0.25) is 0 Å². The first-order chi connectivity index (χ1) is 10.1. The van der Waals surface area contributed by atoms with E-state index in [1.807, 2.05) is 38.1 Å². The smallest absolute Gasteiger partial charge is 0.256 e. The molecule has 2 aromatic rings. The van der Waals surface area contributed by atoms with Gasteiger partial charge in [-0.15, -0.1) is 0 Å². The largest absolute Gasteiger partial charge is 0.321 e. The van der Waals surface area contributed by atoms with Crippen molar-refractivity contribution in [2.75, 3.05) is 11.9 Å². The van der Waals surface area contributed by atoms with Crippen molar-refractivity contribution in [2.45, 2.75) is 13.8 Å². The van der Waals surface area contributed by atoms with E-state index in [1.54, 1.807) is 12.3 Å². The lowest BCUT2D eigenvalue weighted by atomic mass is 10.0. The minimum Gasteiger partial charge on any atom is -0.321 e. The highest BCUT2D eigenvalue weighted by Crippen LogP contribution is 2.15. The number of benzene rings is 1. The van der Waals surface area contributed by atoms with Gasteiger partial charge in [0.25, 0.3) is 5.91 Å². The van der Waals surface area contributed by atoms with Crippen LogP contribution in [0.15, 0.2) is 36.5 Å². The molecule has 0 atom stereocenters. The Labute approximate surface area is 124 Å². The third-order valence-electron chi connectivity index (χ3n) is 3.07. The van der Waals surface area contributed by atoms with Crippen molar-refractivity contribution in [1.29, 1.82) is 0 Å². The minimum absolute atomic E-state index is 0.172. The molecule has 0 aliphatic carbocycles. The van der Waals surface area contributed by atoms with Crippen LogP contribution in [0.1, 0.15) is 27.2 Å². The highest BCUT2D eigenvalue weighted by Gasteiger charge is 2.11. The van der Waals surface area contributed by atoms with Gasteiger partial charge in [-0.25, -0.2) is 0 Å². The summed E-state index contributed by atoms with van der Waals surface area (Å²) in [5.41, 5.74) is 9.21. The van der Waals surface area contributed by atoms with Gasteiger partial charge in [0.15, 0.2) is 0 Å². The topological polar surface area (TPSA) is 68.0 Å². The van der Waals surface area contributed by atoms with Crippen LogP contribution in [-0.2, 0) is 0 Å². The molecule has 3 N–H and O–H groups in total. The van der Waals surface area contributed by atoms with E-state index in [9.17, 15) is 4.79 Å². The van der Waals surface area contributed by atoms with Gasteiger partial charge in [-0.1, -0.05) is 17.9 Å². The molecule has 0 unspecified atom stereocenters. The van der Waals surface area contributed by atoms with Crippen molar-refractivity contribution in [2.24, 2.45) is 5.73 Å². The number of carbonyl (C=O) groups is 1. The minimum atomic E-state index is -0.172. The van der Waals surface area contributed by atoms with E-state index < -0.39 is 0 Å². The molecule has 1 aromatic heterocycles. The monoisotopic (exact) mass is 279 g/mol. The lowest BCUT2D eigenvalue weighted by molar-refractivity contribution is 0.102. The maximum atomic E-state index is 12.3. The molecule has 0 bridgehead atoms. The van der Waals surface area contributed by atoms with Crippen LogP contribution in [0.3, 0.4) is 0 Å². The number of rotatable bonds is 2. The molecule has 0 saturated carbocycles. The molecule has 4 heteroatoms. The van der Waals surface area contributed by atoms with Gasteiger partial charge in [-0.3, -0.25) is 9.78 Å². The Hall–Kier alpha value is -2.64. The summed E-state index contributed by atoms with van der Waals surface area (Å²) < 4.78 is 0. The number of amides is 1. The molecule has 0 radical (unpaired) electrons. The SMILES string of the molecule is Cc1ccc(NC(=O)c2cccc(C#CCN)c2C)cn1. The fourth-order valence-corrected chi connectivity index (χ4v) is 1.90. The van der Waals surface area contributed by atoms with Gasteiger partial charge >= 0.3 is 0 Å². The normalized spacial score (nSPS) is 9.67. The maximum Gasteiger partial charge on any atom is 0.256 e. The second-order valence-corrected chi connectivity index (χ2v) is 4.63. The van der Waals surface area contributed by atoms with Crippen LogP contribution in [0, 0.1) is 25.7 Å². The fraction of sp³-hybridized carbons (Fsp3) is 0.176. The van der Waals surface area contributed by atoms with E-state index in [0.717, 1.165) is 16.8 Å². The number of carbonyl (C=O) groups excluding carboxylic acids is 1. The maximum absolute atomic E-state index is 12.3. The van der Waals surface area contributed by atoms with E-state index in [2.05, 4.69) is 22.1 Å². The highest BCUT2D eigenvalue weighted by molar-refractivity contribution is 6.05. The first kappa shape index (κ1) is 14.8. The van der Waals surface area contributed by atoms with Gasteiger partial charge in [-0.2, -0.15) is 0 Å². The van der Waals surface area contributed by atoms with Crippen LogP contribution in [-0.4, -0.2) is 17.4 Å². The Morgan fingerprint density at radius 1 is 1.29 bits per heavy atom. The van der Waals surface area contributed by atoms with Crippen molar-refractivity contribution >= 4 is 11.6 Å². The Morgan fingerprint density at radius 2 is 2.10 bits per heavy atom. The molecular weight excluding hydrogens is 262 g/mol. The number of anilines is 1. The van der Waals surface area contributed by atoms with Crippen molar-refractivity contribution < 1.29 is 4.79 Å². The summed E-state index contributed by atoms with van der Waals surface area (Å²) in [4.78, 5) is 16.5.